The van der Waals surface area contributed by atoms with E-state index in [1.165, 1.54) is 12.8 Å². The Kier molecular flexibility index (Phi) is 4.24. The van der Waals surface area contributed by atoms with Crippen LogP contribution in [0.5, 0.6) is 0 Å². The molecule has 1 aliphatic carbocycles. The van der Waals surface area contributed by atoms with E-state index in [0.29, 0.717) is 39.6 Å². The summed E-state index contributed by atoms with van der Waals surface area (Å²) in [6, 6.07) is 8.06. The molecule has 0 bridgehead atoms. The molecule has 2 heterocycles. The minimum atomic E-state index is 0.291. The summed E-state index contributed by atoms with van der Waals surface area (Å²) in [6.45, 7) is 0.477. The van der Waals surface area contributed by atoms with E-state index < -0.39 is 0 Å². The predicted octanol–water partition coefficient (Wildman–Crippen LogP) is 3.93. The number of hydrogen-bond donors (Lipinski definition) is 1. The van der Waals surface area contributed by atoms with E-state index in [1.807, 2.05) is 24.3 Å². The van der Waals surface area contributed by atoms with E-state index in [0.717, 1.165) is 18.4 Å². The van der Waals surface area contributed by atoms with E-state index in [1.54, 1.807) is 4.68 Å². The number of benzene rings is 1. The van der Waals surface area contributed by atoms with Gasteiger partial charge in [-0.05, 0) is 24.5 Å². The van der Waals surface area contributed by atoms with Gasteiger partial charge in [0.15, 0.2) is 16.5 Å². The molecule has 6 nitrogen and oxygen atoms in total. The molecule has 1 saturated carbocycles. The molecule has 1 fully saturated rings. The molecule has 0 unspecified atom stereocenters. The molecule has 0 saturated heterocycles. The first-order valence-corrected chi connectivity index (χ1v) is 8.73. The van der Waals surface area contributed by atoms with Crippen molar-refractivity contribution in [1.29, 1.82) is 0 Å². The monoisotopic (exact) mass is 362 g/mol. The Balaban J connectivity index is 1.71. The molecule has 0 aliphatic heterocycles. The summed E-state index contributed by atoms with van der Waals surface area (Å²) >= 11 is 12.5. The highest BCUT2D eigenvalue weighted by Crippen LogP contribution is 2.28. The van der Waals surface area contributed by atoms with Gasteiger partial charge in [-0.1, -0.05) is 59.5 Å². The zero-order valence-electron chi connectivity index (χ0n) is 12.9. The summed E-state index contributed by atoms with van der Waals surface area (Å²) in [5.41, 5.74) is 2.27. The molecule has 1 N–H and O–H groups in total. The van der Waals surface area contributed by atoms with Crippen LogP contribution in [-0.4, -0.2) is 31.2 Å². The fourth-order valence-electron chi connectivity index (χ4n) is 3.12. The van der Waals surface area contributed by atoms with Crippen LogP contribution in [0.4, 0.5) is 5.82 Å². The topological polar surface area (TPSA) is 68.5 Å². The summed E-state index contributed by atoms with van der Waals surface area (Å²) in [4.78, 5) is 0. The lowest BCUT2D eigenvalue weighted by Gasteiger charge is -2.12. The number of hydrogen-bond acceptors (Lipinski definition) is 5. The second kappa shape index (κ2) is 6.53. The minimum Gasteiger partial charge on any atom is -0.364 e. The molecule has 0 atom stereocenters. The van der Waals surface area contributed by atoms with Crippen molar-refractivity contribution in [2.24, 2.45) is 0 Å². The predicted molar refractivity (Wildman–Crippen MR) is 94.6 cm³/mol. The number of aromatic nitrogens is 5. The standard InChI is InChI=1S/C16H16Cl2N6/c17-12-8-4-1-5-10(12)9-24-14-13(20-23-24)16(22-21-15(14)18)19-11-6-2-3-7-11/h1,4-5,8,11H,2-3,6-7,9H2,(H,19,22). The van der Waals surface area contributed by atoms with Crippen LogP contribution in [0, 0.1) is 0 Å². The summed E-state index contributed by atoms with van der Waals surface area (Å²) in [7, 11) is 0. The first-order chi connectivity index (χ1) is 11.7. The van der Waals surface area contributed by atoms with Gasteiger partial charge in [0.1, 0.15) is 5.52 Å². The van der Waals surface area contributed by atoms with Crippen LogP contribution in [0.3, 0.4) is 0 Å². The van der Waals surface area contributed by atoms with Crippen LogP contribution >= 0.6 is 23.2 Å². The summed E-state index contributed by atoms with van der Waals surface area (Å²) in [5.74, 6) is 0.645. The Morgan fingerprint density at radius 2 is 1.88 bits per heavy atom. The van der Waals surface area contributed by atoms with Crippen LogP contribution in [0.25, 0.3) is 11.0 Å². The van der Waals surface area contributed by atoms with Gasteiger partial charge in [0.25, 0.3) is 0 Å². The molecule has 1 aromatic carbocycles. The van der Waals surface area contributed by atoms with Crippen LogP contribution < -0.4 is 5.32 Å². The van der Waals surface area contributed by atoms with Gasteiger partial charge < -0.3 is 5.32 Å². The lowest BCUT2D eigenvalue weighted by molar-refractivity contribution is 0.669. The van der Waals surface area contributed by atoms with Gasteiger partial charge in [0, 0.05) is 11.1 Å². The Morgan fingerprint density at radius 1 is 1.08 bits per heavy atom. The number of fused-ring (bicyclic) bond motifs is 1. The van der Waals surface area contributed by atoms with Gasteiger partial charge in [-0.15, -0.1) is 15.3 Å². The average Bonchev–Trinajstić information content (AvgIpc) is 3.23. The maximum atomic E-state index is 6.26. The first-order valence-electron chi connectivity index (χ1n) is 7.97. The molecule has 1 aliphatic rings. The van der Waals surface area contributed by atoms with Gasteiger partial charge in [-0.2, -0.15) is 0 Å². The van der Waals surface area contributed by atoms with Gasteiger partial charge in [0.05, 0.1) is 6.54 Å². The maximum absolute atomic E-state index is 6.26. The highest BCUT2D eigenvalue weighted by molar-refractivity contribution is 6.34. The largest absolute Gasteiger partial charge is 0.364 e. The Morgan fingerprint density at radius 3 is 2.67 bits per heavy atom. The summed E-state index contributed by atoms with van der Waals surface area (Å²) in [5, 5.41) is 21.1. The van der Waals surface area contributed by atoms with Crippen LogP contribution in [-0.2, 0) is 6.54 Å². The number of nitrogens with one attached hydrogen (secondary N) is 1. The molecule has 0 amide bonds. The lowest BCUT2D eigenvalue weighted by atomic mass is 10.2. The second-order valence-electron chi connectivity index (χ2n) is 6.00. The van der Waals surface area contributed by atoms with Gasteiger partial charge in [-0.3, -0.25) is 0 Å². The molecular formula is C16H16Cl2N6. The van der Waals surface area contributed by atoms with Crippen molar-refractivity contribution in [3.05, 3.63) is 40.0 Å². The van der Waals surface area contributed by atoms with Gasteiger partial charge in [0.2, 0.25) is 0 Å². The fraction of sp³-hybridized carbons (Fsp3) is 0.375. The van der Waals surface area contributed by atoms with Crippen molar-refractivity contribution in [3.63, 3.8) is 0 Å². The van der Waals surface area contributed by atoms with Crippen molar-refractivity contribution < 1.29 is 0 Å². The first kappa shape index (κ1) is 15.6. The average molecular weight is 363 g/mol. The Bertz CT molecular complexity index is 872. The molecule has 0 spiro atoms. The van der Waals surface area contributed by atoms with E-state index in [2.05, 4.69) is 25.8 Å². The van der Waals surface area contributed by atoms with Crippen LogP contribution in [0.2, 0.25) is 10.2 Å². The van der Waals surface area contributed by atoms with E-state index in [9.17, 15) is 0 Å². The molecule has 8 heteroatoms. The summed E-state index contributed by atoms with van der Waals surface area (Å²) < 4.78 is 1.72. The van der Waals surface area contributed by atoms with E-state index in [4.69, 9.17) is 23.2 Å². The second-order valence-corrected chi connectivity index (χ2v) is 6.77. The molecule has 2 aromatic heterocycles. The molecule has 3 aromatic rings. The number of anilines is 1. The Labute approximate surface area is 149 Å². The van der Waals surface area contributed by atoms with Gasteiger partial charge >= 0.3 is 0 Å². The van der Waals surface area contributed by atoms with Crippen LogP contribution in [0.1, 0.15) is 31.2 Å². The van der Waals surface area contributed by atoms with Gasteiger partial charge in [-0.25, -0.2) is 4.68 Å². The Hall–Kier alpha value is -1.92. The molecule has 0 radical (unpaired) electrons. The fourth-order valence-corrected chi connectivity index (χ4v) is 3.55. The van der Waals surface area contributed by atoms with Crippen molar-refractivity contribution in [2.45, 2.75) is 38.3 Å². The SMILES string of the molecule is Clc1ccccc1Cn1nnc2c(NC3CCCC3)nnc(Cl)c21. The maximum Gasteiger partial charge on any atom is 0.179 e. The third kappa shape index (κ3) is 2.91. The van der Waals surface area contributed by atoms with E-state index >= 15 is 0 Å². The highest BCUT2D eigenvalue weighted by atomic mass is 35.5. The lowest BCUT2D eigenvalue weighted by Crippen LogP contribution is -2.16. The zero-order valence-corrected chi connectivity index (χ0v) is 14.4. The third-order valence-corrected chi connectivity index (χ3v) is 4.99. The quantitative estimate of drug-likeness (QED) is 0.761. The molecule has 124 valence electrons. The molecular weight excluding hydrogens is 347 g/mol. The number of nitrogens with zero attached hydrogens (tertiary/aromatic N) is 5. The van der Waals surface area contributed by atoms with Crippen LogP contribution in [0.15, 0.2) is 24.3 Å². The van der Waals surface area contributed by atoms with Crippen molar-refractivity contribution in [2.75, 3.05) is 5.32 Å². The normalized spacial score (nSPS) is 15.2. The molecule has 24 heavy (non-hydrogen) atoms. The number of rotatable bonds is 4. The van der Waals surface area contributed by atoms with Crippen molar-refractivity contribution in [3.8, 4) is 0 Å². The zero-order chi connectivity index (χ0) is 16.5. The highest BCUT2D eigenvalue weighted by Gasteiger charge is 2.20. The number of halogens is 2. The van der Waals surface area contributed by atoms with E-state index in [-0.39, 0.29) is 0 Å². The third-order valence-electron chi connectivity index (χ3n) is 4.37. The molecule has 4 rings (SSSR count). The summed E-state index contributed by atoms with van der Waals surface area (Å²) in [6.07, 6.45) is 4.75. The van der Waals surface area contributed by atoms with Crippen molar-refractivity contribution in [1.82, 2.24) is 25.2 Å². The smallest absolute Gasteiger partial charge is 0.179 e. The minimum absolute atomic E-state index is 0.291. The van der Waals surface area contributed by atoms with Crippen molar-refractivity contribution >= 4 is 40.1 Å².